The van der Waals surface area contributed by atoms with Gasteiger partial charge in [-0.25, -0.2) is 4.98 Å². The fraction of sp³-hybridized carbons (Fsp3) is 0.500. The zero-order valence-corrected chi connectivity index (χ0v) is 9.77. The Hall–Kier alpha value is -2.05. The summed E-state index contributed by atoms with van der Waals surface area (Å²) in [5.74, 6) is -0.703. The lowest BCUT2D eigenvalue weighted by Gasteiger charge is -2.21. The molecule has 1 heterocycles. The van der Waals surface area contributed by atoms with E-state index >= 15 is 0 Å². The van der Waals surface area contributed by atoms with Crippen molar-refractivity contribution < 1.29 is 14.6 Å². The molecule has 0 saturated carbocycles. The highest BCUT2D eigenvalue weighted by molar-refractivity contribution is 5.74. The molecule has 0 spiro atoms. The van der Waals surface area contributed by atoms with E-state index in [1.165, 1.54) is 18.3 Å². The predicted molar refractivity (Wildman–Crippen MR) is 61.5 cm³/mol. The van der Waals surface area contributed by atoms with Gasteiger partial charge in [-0.05, 0) is 6.42 Å². The van der Waals surface area contributed by atoms with Crippen LogP contribution in [0.5, 0.6) is 5.75 Å². The molecule has 0 radical (unpaired) electrons. The smallest absolute Gasteiger partial charge is 0.323 e. The molecule has 0 aliphatic rings. The van der Waals surface area contributed by atoms with Crippen LogP contribution in [0.2, 0.25) is 0 Å². The number of nitrogens with zero attached hydrogens (tertiary/aromatic N) is 2. The molecule has 17 heavy (non-hydrogen) atoms. The van der Waals surface area contributed by atoms with Crippen LogP contribution in [0.25, 0.3) is 0 Å². The topological polar surface area (TPSA) is 95.5 Å². The SMILES string of the molecule is CCCN(CC(=O)O)c1nc[nH]c(=O)c1OC. The average molecular weight is 241 g/mol. The van der Waals surface area contributed by atoms with Gasteiger partial charge in [0, 0.05) is 6.54 Å². The van der Waals surface area contributed by atoms with Gasteiger partial charge < -0.3 is 19.7 Å². The van der Waals surface area contributed by atoms with E-state index in [4.69, 9.17) is 9.84 Å². The van der Waals surface area contributed by atoms with Gasteiger partial charge in [-0.15, -0.1) is 0 Å². The molecule has 7 nitrogen and oxygen atoms in total. The van der Waals surface area contributed by atoms with E-state index in [0.29, 0.717) is 6.54 Å². The van der Waals surface area contributed by atoms with Crippen LogP contribution in [0.1, 0.15) is 13.3 Å². The Kier molecular flexibility index (Phi) is 4.50. The minimum atomic E-state index is -0.984. The van der Waals surface area contributed by atoms with E-state index < -0.39 is 11.5 Å². The van der Waals surface area contributed by atoms with Crippen LogP contribution in [-0.2, 0) is 4.79 Å². The number of aromatic amines is 1. The average Bonchev–Trinajstić information content (AvgIpc) is 2.27. The molecule has 1 rings (SSSR count). The van der Waals surface area contributed by atoms with E-state index in [-0.39, 0.29) is 18.1 Å². The number of anilines is 1. The summed E-state index contributed by atoms with van der Waals surface area (Å²) in [7, 11) is 1.35. The molecule has 1 aromatic heterocycles. The molecule has 0 amide bonds. The molecule has 7 heteroatoms. The minimum absolute atomic E-state index is 0.0298. The van der Waals surface area contributed by atoms with Crippen molar-refractivity contribution in [2.75, 3.05) is 25.1 Å². The number of carboxylic acids is 1. The number of nitrogens with one attached hydrogen (secondary N) is 1. The minimum Gasteiger partial charge on any atom is -0.489 e. The monoisotopic (exact) mass is 241 g/mol. The Morgan fingerprint density at radius 3 is 2.88 bits per heavy atom. The maximum Gasteiger partial charge on any atom is 0.323 e. The van der Waals surface area contributed by atoms with Gasteiger partial charge in [-0.2, -0.15) is 0 Å². The van der Waals surface area contributed by atoms with Gasteiger partial charge in [-0.1, -0.05) is 6.92 Å². The molecule has 1 aromatic rings. The fourth-order valence-electron chi connectivity index (χ4n) is 1.48. The molecule has 94 valence electrons. The van der Waals surface area contributed by atoms with Crippen molar-refractivity contribution in [2.45, 2.75) is 13.3 Å². The maximum atomic E-state index is 11.5. The summed E-state index contributed by atoms with van der Waals surface area (Å²) in [6, 6.07) is 0. The van der Waals surface area contributed by atoms with Gasteiger partial charge in [0.25, 0.3) is 5.56 Å². The fourth-order valence-corrected chi connectivity index (χ4v) is 1.48. The number of ether oxygens (including phenoxy) is 1. The van der Waals surface area contributed by atoms with Crippen LogP contribution in [0.4, 0.5) is 5.82 Å². The lowest BCUT2D eigenvalue weighted by Crippen LogP contribution is -2.32. The zero-order valence-electron chi connectivity index (χ0n) is 9.77. The number of carboxylic acid groups (broad SMARTS) is 1. The highest BCUT2D eigenvalue weighted by Gasteiger charge is 2.18. The Morgan fingerprint density at radius 1 is 1.65 bits per heavy atom. The van der Waals surface area contributed by atoms with Crippen LogP contribution in [-0.4, -0.2) is 41.2 Å². The number of methoxy groups -OCH3 is 1. The van der Waals surface area contributed by atoms with Gasteiger partial charge >= 0.3 is 5.97 Å². The second kappa shape index (κ2) is 5.88. The maximum absolute atomic E-state index is 11.5. The molecule has 0 aromatic carbocycles. The lowest BCUT2D eigenvalue weighted by atomic mass is 10.3. The van der Waals surface area contributed by atoms with Crippen LogP contribution < -0.4 is 15.2 Å². The molecule has 0 bridgehead atoms. The molecular formula is C10H15N3O4. The number of carbonyl (C=O) groups is 1. The summed E-state index contributed by atoms with van der Waals surface area (Å²) in [4.78, 5) is 30.1. The summed E-state index contributed by atoms with van der Waals surface area (Å²) in [6.07, 6.45) is 1.97. The van der Waals surface area contributed by atoms with E-state index in [2.05, 4.69) is 9.97 Å². The molecule has 0 saturated heterocycles. The predicted octanol–water partition coefficient (Wildman–Crippen LogP) is 0.0795. The van der Waals surface area contributed by atoms with Gasteiger partial charge in [0.15, 0.2) is 5.82 Å². The van der Waals surface area contributed by atoms with Crippen molar-refractivity contribution in [2.24, 2.45) is 0 Å². The van der Waals surface area contributed by atoms with Gasteiger partial charge in [0.2, 0.25) is 5.75 Å². The van der Waals surface area contributed by atoms with Crippen LogP contribution in [0, 0.1) is 0 Å². The van der Waals surface area contributed by atoms with Gasteiger partial charge in [-0.3, -0.25) is 9.59 Å². The summed E-state index contributed by atoms with van der Waals surface area (Å²) in [5, 5.41) is 8.81. The molecule has 0 atom stereocenters. The van der Waals surface area contributed by atoms with Gasteiger partial charge in [0.05, 0.1) is 13.4 Å². The lowest BCUT2D eigenvalue weighted by molar-refractivity contribution is -0.135. The first-order valence-electron chi connectivity index (χ1n) is 5.18. The number of hydrogen-bond donors (Lipinski definition) is 2. The first-order valence-corrected chi connectivity index (χ1v) is 5.18. The standard InChI is InChI=1S/C10H15N3O4/c1-3-4-13(5-7(14)15)9-8(17-2)10(16)12-6-11-9/h6H,3-5H2,1-2H3,(H,14,15)(H,11,12,16). The third-order valence-corrected chi connectivity index (χ3v) is 2.12. The van der Waals surface area contributed by atoms with Gasteiger partial charge in [0.1, 0.15) is 6.54 Å². The highest BCUT2D eigenvalue weighted by Crippen LogP contribution is 2.20. The van der Waals surface area contributed by atoms with Crippen molar-refractivity contribution in [3.8, 4) is 5.75 Å². The summed E-state index contributed by atoms with van der Waals surface area (Å²) < 4.78 is 4.94. The first-order chi connectivity index (χ1) is 8.10. The van der Waals surface area contributed by atoms with E-state index in [1.807, 2.05) is 6.92 Å². The number of rotatable bonds is 6. The third kappa shape index (κ3) is 3.20. The van der Waals surface area contributed by atoms with E-state index in [0.717, 1.165) is 6.42 Å². The van der Waals surface area contributed by atoms with E-state index in [1.54, 1.807) is 0 Å². The third-order valence-electron chi connectivity index (χ3n) is 2.12. The van der Waals surface area contributed by atoms with Crippen LogP contribution in [0.15, 0.2) is 11.1 Å². The summed E-state index contributed by atoms with van der Waals surface area (Å²) in [6.45, 7) is 2.17. The van der Waals surface area contributed by atoms with Crippen molar-refractivity contribution >= 4 is 11.8 Å². The molecule has 2 N–H and O–H groups in total. The number of aromatic nitrogens is 2. The second-order valence-corrected chi connectivity index (χ2v) is 3.40. The Labute approximate surface area is 98.1 Å². The second-order valence-electron chi connectivity index (χ2n) is 3.40. The molecule has 0 unspecified atom stereocenters. The Balaban J connectivity index is 3.12. The number of hydrogen-bond acceptors (Lipinski definition) is 5. The first kappa shape index (κ1) is 13.0. The van der Waals surface area contributed by atoms with Crippen LogP contribution >= 0.6 is 0 Å². The quantitative estimate of drug-likeness (QED) is 0.732. The van der Waals surface area contributed by atoms with Crippen molar-refractivity contribution in [3.63, 3.8) is 0 Å². The summed E-state index contributed by atoms with van der Waals surface area (Å²) >= 11 is 0. The number of H-pyrrole nitrogens is 1. The zero-order chi connectivity index (χ0) is 12.8. The Bertz CT molecular complexity index is 443. The normalized spacial score (nSPS) is 10.0. The largest absolute Gasteiger partial charge is 0.489 e. The van der Waals surface area contributed by atoms with Crippen molar-refractivity contribution in [1.82, 2.24) is 9.97 Å². The highest BCUT2D eigenvalue weighted by atomic mass is 16.5. The molecule has 0 fully saturated rings. The number of aliphatic carboxylic acids is 1. The van der Waals surface area contributed by atoms with E-state index in [9.17, 15) is 9.59 Å². The molecular weight excluding hydrogens is 226 g/mol. The molecule has 0 aliphatic carbocycles. The molecule has 0 aliphatic heterocycles. The van der Waals surface area contributed by atoms with Crippen LogP contribution in [0.3, 0.4) is 0 Å². The van der Waals surface area contributed by atoms with Crippen molar-refractivity contribution in [1.29, 1.82) is 0 Å². The van der Waals surface area contributed by atoms with Crippen molar-refractivity contribution in [3.05, 3.63) is 16.7 Å². The Morgan fingerprint density at radius 2 is 2.35 bits per heavy atom. The summed E-state index contributed by atoms with van der Waals surface area (Å²) in [5.41, 5.74) is -0.427.